The van der Waals surface area contributed by atoms with E-state index in [0.717, 1.165) is 26.5 Å². The first-order valence-electron chi connectivity index (χ1n) is 6.99. The number of rotatable bonds is 2. The van der Waals surface area contributed by atoms with E-state index in [1.54, 1.807) is 30.7 Å². The van der Waals surface area contributed by atoms with Crippen LogP contribution in [0.1, 0.15) is 0 Å². The molecule has 1 aromatic carbocycles. The van der Waals surface area contributed by atoms with Gasteiger partial charge in [0, 0.05) is 40.3 Å². The first-order valence-corrected chi connectivity index (χ1v) is 7.70. The molecule has 0 saturated heterocycles. The van der Waals surface area contributed by atoms with Crippen molar-refractivity contribution in [3.63, 3.8) is 0 Å². The van der Waals surface area contributed by atoms with Crippen LogP contribution in [0.15, 0.2) is 59.8 Å². The molecule has 0 atom stereocenters. The summed E-state index contributed by atoms with van der Waals surface area (Å²) in [4.78, 5) is 16.1. The van der Waals surface area contributed by atoms with E-state index in [0.29, 0.717) is 10.7 Å². The molecule has 0 spiro atoms. The Balaban J connectivity index is 2.11. The van der Waals surface area contributed by atoms with Gasteiger partial charge in [-0.3, -0.25) is 4.98 Å². The molecule has 0 radical (unpaired) electrons. The summed E-state index contributed by atoms with van der Waals surface area (Å²) in [7, 11) is 0. The third-order valence-electron chi connectivity index (χ3n) is 3.64. The Morgan fingerprint density at radius 3 is 2.38 bits per heavy atom. The second-order valence-electron chi connectivity index (χ2n) is 5.05. The molecule has 0 amide bonds. The van der Waals surface area contributed by atoms with Crippen molar-refractivity contribution in [2.24, 2.45) is 0 Å². The van der Waals surface area contributed by atoms with Crippen LogP contribution in [0.5, 0.6) is 0 Å². The molecule has 24 heavy (non-hydrogen) atoms. The lowest BCUT2D eigenvalue weighted by molar-refractivity contribution is 0.857. The van der Waals surface area contributed by atoms with Gasteiger partial charge in [0.1, 0.15) is 0 Å². The van der Waals surface area contributed by atoms with Crippen molar-refractivity contribution >= 4 is 29.0 Å². The van der Waals surface area contributed by atoms with Crippen molar-refractivity contribution in [3.8, 4) is 22.3 Å². The summed E-state index contributed by atoms with van der Waals surface area (Å²) in [5, 5.41) is 8.91. The summed E-state index contributed by atoms with van der Waals surface area (Å²) in [6, 6.07) is 11.0. The predicted molar refractivity (Wildman–Crippen MR) is 92.2 cm³/mol. The van der Waals surface area contributed by atoms with E-state index in [4.69, 9.17) is 23.4 Å². The van der Waals surface area contributed by atoms with Crippen molar-refractivity contribution in [1.29, 1.82) is 0 Å². The van der Waals surface area contributed by atoms with E-state index in [9.17, 15) is 4.79 Å². The van der Waals surface area contributed by atoms with Crippen LogP contribution in [-0.4, -0.2) is 23.9 Å². The van der Waals surface area contributed by atoms with E-state index in [2.05, 4.69) is 15.2 Å². The Hall–Kier alpha value is -2.70. The zero-order chi connectivity index (χ0) is 16.7. The van der Waals surface area contributed by atoms with E-state index in [1.165, 1.54) is 4.52 Å². The third kappa shape index (κ3) is 2.36. The summed E-state index contributed by atoms with van der Waals surface area (Å²) >= 11 is 11.8. The van der Waals surface area contributed by atoms with Gasteiger partial charge in [-0.1, -0.05) is 23.7 Å². The summed E-state index contributed by atoms with van der Waals surface area (Å²) in [5.41, 5.74) is 3.15. The highest BCUT2D eigenvalue weighted by atomic mass is 35.5. The molecule has 0 saturated carbocycles. The first-order chi connectivity index (χ1) is 11.6. The molecule has 118 valence electrons. The molecule has 4 rings (SSSR count). The Bertz CT molecular complexity index is 1090. The molecule has 0 bridgehead atoms. The number of hydrogen-bond donors (Lipinski definition) is 0. The maximum absolute atomic E-state index is 12.1. The van der Waals surface area contributed by atoms with Gasteiger partial charge in [0.05, 0.1) is 6.20 Å². The van der Waals surface area contributed by atoms with Gasteiger partial charge in [-0.15, -0.1) is 9.30 Å². The standard InChI is InChI=1S/C16H9Cl2N5O/c17-12-3-1-11(2-4-12)14-13(10-5-7-19-8-6-10)9-20-22-15(14)21-23(18)16(22)24/h1-9H. The molecule has 3 heterocycles. The lowest BCUT2D eigenvalue weighted by atomic mass is 9.98. The summed E-state index contributed by atoms with van der Waals surface area (Å²) < 4.78 is 1.92. The summed E-state index contributed by atoms with van der Waals surface area (Å²) in [6.07, 6.45) is 5.00. The molecule has 0 aliphatic carbocycles. The molecular weight excluding hydrogens is 349 g/mol. The van der Waals surface area contributed by atoms with Gasteiger partial charge in [-0.05, 0) is 35.4 Å². The van der Waals surface area contributed by atoms with E-state index in [-0.39, 0.29) is 0 Å². The molecule has 0 aliphatic rings. The molecule has 0 aliphatic heterocycles. The molecule has 8 heteroatoms. The maximum Gasteiger partial charge on any atom is 0.382 e. The summed E-state index contributed by atoms with van der Waals surface area (Å²) in [6.45, 7) is 0. The van der Waals surface area contributed by atoms with Gasteiger partial charge < -0.3 is 0 Å². The van der Waals surface area contributed by atoms with E-state index >= 15 is 0 Å². The van der Waals surface area contributed by atoms with Crippen LogP contribution in [0.4, 0.5) is 0 Å². The van der Waals surface area contributed by atoms with Gasteiger partial charge >= 0.3 is 5.69 Å². The second-order valence-corrected chi connectivity index (χ2v) is 5.81. The Kier molecular flexibility index (Phi) is 3.55. The van der Waals surface area contributed by atoms with Gasteiger partial charge in [-0.2, -0.15) is 9.61 Å². The normalized spacial score (nSPS) is 11.1. The van der Waals surface area contributed by atoms with E-state index in [1.807, 2.05) is 24.3 Å². The smallest absolute Gasteiger partial charge is 0.265 e. The fraction of sp³-hybridized carbons (Fsp3) is 0. The molecule has 3 aromatic heterocycles. The van der Waals surface area contributed by atoms with Gasteiger partial charge in [0.2, 0.25) is 0 Å². The molecule has 0 fully saturated rings. The van der Waals surface area contributed by atoms with Crippen LogP contribution < -0.4 is 5.69 Å². The number of halogens is 2. The Morgan fingerprint density at radius 1 is 0.958 bits per heavy atom. The Morgan fingerprint density at radius 2 is 1.67 bits per heavy atom. The minimum Gasteiger partial charge on any atom is -0.265 e. The zero-order valence-electron chi connectivity index (χ0n) is 12.1. The number of pyridine rings is 1. The second kappa shape index (κ2) is 5.74. The largest absolute Gasteiger partial charge is 0.382 e. The zero-order valence-corrected chi connectivity index (χ0v) is 13.6. The molecule has 4 aromatic rings. The van der Waals surface area contributed by atoms with Gasteiger partial charge in [0.25, 0.3) is 0 Å². The molecule has 0 unspecified atom stereocenters. The Labute approximate surface area is 146 Å². The van der Waals surface area contributed by atoms with Crippen molar-refractivity contribution in [2.45, 2.75) is 0 Å². The van der Waals surface area contributed by atoms with Crippen molar-refractivity contribution in [3.05, 3.63) is 70.5 Å². The molecular formula is C16H9Cl2N5O. The minimum absolute atomic E-state index is 0.367. The summed E-state index contributed by atoms with van der Waals surface area (Å²) in [5.74, 6) is 0. The van der Waals surface area contributed by atoms with Crippen LogP contribution in [0, 0.1) is 0 Å². The van der Waals surface area contributed by atoms with Crippen LogP contribution in [0.25, 0.3) is 27.9 Å². The van der Waals surface area contributed by atoms with E-state index < -0.39 is 5.69 Å². The predicted octanol–water partition coefficient (Wildman–Crippen LogP) is 3.28. The van der Waals surface area contributed by atoms with Crippen molar-refractivity contribution < 1.29 is 0 Å². The van der Waals surface area contributed by atoms with Crippen LogP contribution in [-0.2, 0) is 0 Å². The number of benzene rings is 1. The quantitative estimate of drug-likeness (QED) is 0.552. The molecule has 6 nitrogen and oxygen atoms in total. The van der Waals surface area contributed by atoms with Crippen molar-refractivity contribution in [2.75, 3.05) is 0 Å². The molecule has 0 N–H and O–H groups in total. The lowest BCUT2D eigenvalue weighted by Gasteiger charge is -2.10. The van der Waals surface area contributed by atoms with Gasteiger partial charge in [0.15, 0.2) is 5.65 Å². The van der Waals surface area contributed by atoms with Gasteiger partial charge in [-0.25, -0.2) is 4.79 Å². The third-order valence-corrected chi connectivity index (χ3v) is 4.11. The lowest BCUT2D eigenvalue weighted by Crippen LogP contribution is -2.16. The number of aromatic nitrogens is 5. The maximum atomic E-state index is 12.1. The topological polar surface area (TPSA) is 65.1 Å². The minimum atomic E-state index is -0.525. The average molecular weight is 358 g/mol. The SMILES string of the molecule is O=c1n(Cl)nc2c(-c3ccc(Cl)cc3)c(-c3ccncc3)cnn12. The number of fused-ring (bicyclic) bond motifs is 1. The average Bonchev–Trinajstić information content (AvgIpc) is 2.90. The monoisotopic (exact) mass is 357 g/mol. The number of nitrogens with zero attached hydrogens (tertiary/aromatic N) is 5. The first kappa shape index (κ1) is 14.9. The number of hydrogen-bond acceptors (Lipinski definition) is 4. The van der Waals surface area contributed by atoms with Crippen LogP contribution in [0.3, 0.4) is 0 Å². The highest BCUT2D eigenvalue weighted by molar-refractivity contribution is 6.30. The highest BCUT2D eigenvalue weighted by Gasteiger charge is 2.18. The van der Waals surface area contributed by atoms with Crippen LogP contribution >= 0.6 is 23.4 Å². The highest BCUT2D eigenvalue weighted by Crippen LogP contribution is 2.34. The fourth-order valence-corrected chi connectivity index (χ4v) is 2.82. The fourth-order valence-electron chi connectivity index (χ4n) is 2.55. The van der Waals surface area contributed by atoms with Crippen LogP contribution in [0.2, 0.25) is 5.02 Å². The van der Waals surface area contributed by atoms with Crippen molar-refractivity contribution in [1.82, 2.24) is 23.9 Å².